The van der Waals surface area contributed by atoms with E-state index in [0.717, 1.165) is 24.3 Å². The molecule has 22 heavy (non-hydrogen) atoms. The van der Waals surface area contributed by atoms with E-state index in [2.05, 4.69) is 10.6 Å². The maximum absolute atomic E-state index is 12.0. The van der Waals surface area contributed by atoms with Gasteiger partial charge in [0.15, 0.2) is 0 Å². The molecule has 0 saturated carbocycles. The van der Waals surface area contributed by atoms with Crippen molar-refractivity contribution in [3.63, 3.8) is 0 Å². The van der Waals surface area contributed by atoms with Crippen LogP contribution in [0.15, 0.2) is 0 Å². The molecule has 1 saturated heterocycles. The minimum Gasteiger partial charge on any atom is -0.480 e. The quantitative estimate of drug-likeness (QED) is 0.270. The lowest BCUT2D eigenvalue weighted by atomic mass is 10.1. The molecule has 128 valence electrons. The summed E-state index contributed by atoms with van der Waals surface area (Å²) in [6.45, 7) is 1.31. The molecule has 2 amide bonds. The Kier molecular flexibility index (Phi) is 7.00. The third-order valence-electron chi connectivity index (χ3n) is 3.34. The number of rotatable bonds is 8. The van der Waals surface area contributed by atoms with Crippen LogP contribution in [0, 0.1) is 0 Å². The number of hydrogen-bond donors (Lipinski definition) is 5. The molecule has 1 rings (SSSR count). The third-order valence-corrected chi connectivity index (χ3v) is 3.94. The van der Waals surface area contributed by atoms with E-state index in [-0.39, 0.29) is 13.0 Å². The number of unbranched alkanes of at least 4 members (excludes halogenated alkanes) is 1. The maximum Gasteiger partial charge on any atom is 0.333 e. The van der Waals surface area contributed by atoms with Crippen LogP contribution in [0.1, 0.15) is 19.3 Å². The van der Waals surface area contributed by atoms with Crippen molar-refractivity contribution in [1.82, 2.24) is 20.3 Å². The Hall–Kier alpha value is -1.43. The molecule has 0 aromatic carbocycles. The standard InChI is InChI=1S/C11H22N4O6S/c1-12-5-2-3-6-13-11(18)15-7-4-8(9(15)10(16)17)14-22(19,20)21/h8-9,12,14H,2-7H2,1H3,(H,13,18)(H,16,17)(H,19,20,21)/t8-,9+/m1/s1. The Bertz CT molecular complexity index is 497. The number of urea groups is 1. The highest BCUT2D eigenvalue weighted by atomic mass is 32.2. The zero-order chi connectivity index (χ0) is 16.8. The van der Waals surface area contributed by atoms with Gasteiger partial charge in [0, 0.05) is 13.1 Å². The second-order valence-corrected chi connectivity index (χ2v) is 6.19. The molecule has 2 atom stereocenters. The lowest BCUT2D eigenvalue weighted by molar-refractivity contribution is -0.141. The van der Waals surface area contributed by atoms with E-state index in [1.54, 1.807) is 0 Å². The van der Waals surface area contributed by atoms with Crippen LogP contribution < -0.4 is 15.4 Å². The first kappa shape index (κ1) is 18.6. The number of carboxylic acid groups (broad SMARTS) is 1. The highest BCUT2D eigenvalue weighted by Gasteiger charge is 2.43. The lowest BCUT2D eigenvalue weighted by Crippen LogP contribution is -2.53. The number of aliphatic carboxylic acids is 1. The summed E-state index contributed by atoms with van der Waals surface area (Å²) in [6.07, 6.45) is 1.72. The zero-order valence-electron chi connectivity index (χ0n) is 12.3. The molecular weight excluding hydrogens is 316 g/mol. The maximum atomic E-state index is 12.0. The zero-order valence-corrected chi connectivity index (χ0v) is 13.1. The fourth-order valence-corrected chi connectivity index (χ4v) is 2.99. The molecule has 0 aromatic rings. The number of carbonyl (C=O) groups is 2. The highest BCUT2D eigenvalue weighted by Crippen LogP contribution is 2.19. The Labute approximate surface area is 129 Å². The van der Waals surface area contributed by atoms with Crippen LogP contribution in [0.4, 0.5) is 4.79 Å². The average molecular weight is 338 g/mol. The summed E-state index contributed by atoms with van der Waals surface area (Å²) in [7, 11) is -2.71. The molecule has 5 N–H and O–H groups in total. The van der Waals surface area contributed by atoms with Crippen molar-refractivity contribution in [2.75, 3.05) is 26.7 Å². The van der Waals surface area contributed by atoms with Crippen molar-refractivity contribution in [3.8, 4) is 0 Å². The van der Waals surface area contributed by atoms with Gasteiger partial charge in [-0.3, -0.25) is 4.55 Å². The van der Waals surface area contributed by atoms with E-state index < -0.39 is 34.4 Å². The second kappa shape index (κ2) is 8.27. The number of carboxylic acids is 1. The van der Waals surface area contributed by atoms with E-state index in [0.29, 0.717) is 6.54 Å². The number of hydrogen-bond acceptors (Lipinski definition) is 5. The van der Waals surface area contributed by atoms with Crippen molar-refractivity contribution >= 4 is 22.3 Å². The van der Waals surface area contributed by atoms with Crippen molar-refractivity contribution in [2.45, 2.75) is 31.3 Å². The van der Waals surface area contributed by atoms with Gasteiger partial charge in [-0.05, 0) is 32.9 Å². The number of amides is 2. The molecule has 0 aliphatic carbocycles. The summed E-state index contributed by atoms with van der Waals surface area (Å²) in [6, 6.07) is -2.96. The SMILES string of the molecule is CNCCCCNC(=O)N1CC[C@@H](NS(=O)(=O)O)[C@H]1C(=O)O. The van der Waals surface area contributed by atoms with Gasteiger partial charge in [-0.1, -0.05) is 0 Å². The Balaban J connectivity index is 2.58. The van der Waals surface area contributed by atoms with Gasteiger partial charge in [-0.2, -0.15) is 13.1 Å². The topological polar surface area (TPSA) is 148 Å². The largest absolute Gasteiger partial charge is 0.480 e. The van der Waals surface area contributed by atoms with E-state index in [1.165, 1.54) is 0 Å². The highest BCUT2D eigenvalue weighted by molar-refractivity contribution is 7.83. The smallest absolute Gasteiger partial charge is 0.333 e. The van der Waals surface area contributed by atoms with E-state index >= 15 is 0 Å². The van der Waals surface area contributed by atoms with Crippen LogP contribution in [0.5, 0.6) is 0 Å². The van der Waals surface area contributed by atoms with E-state index in [1.807, 2.05) is 11.8 Å². The average Bonchev–Trinajstić information content (AvgIpc) is 2.79. The molecule has 1 aliphatic heterocycles. The van der Waals surface area contributed by atoms with Crippen LogP contribution in [0.2, 0.25) is 0 Å². The Morgan fingerprint density at radius 2 is 1.91 bits per heavy atom. The third kappa shape index (κ3) is 5.75. The fourth-order valence-electron chi connectivity index (χ4n) is 2.36. The van der Waals surface area contributed by atoms with Crippen LogP contribution >= 0.6 is 0 Å². The number of likely N-dealkylation sites (tertiary alicyclic amines) is 1. The summed E-state index contributed by atoms with van der Waals surface area (Å²) < 4.78 is 32.3. The first-order chi connectivity index (χ1) is 10.3. The van der Waals surface area contributed by atoms with Gasteiger partial charge >= 0.3 is 22.3 Å². The predicted molar refractivity (Wildman–Crippen MR) is 77.8 cm³/mol. The molecule has 0 spiro atoms. The van der Waals surface area contributed by atoms with Crippen molar-refractivity contribution < 1.29 is 27.7 Å². The van der Waals surface area contributed by atoms with Gasteiger partial charge < -0.3 is 20.6 Å². The fraction of sp³-hybridized carbons (Fsp3) is 0.818. The van der Waals surface area contributed by atoms with Crippen molar-refractivity contribution in [3.05, 3.63) is 0 Å². The van der Waals surface area contributed by atoms with Gasteiger partial charge in [-0.15, -0.1) is 0 Å². The Morgan fingerprint density at radius 1 is 1.27 bits per heavy atom. The molecule has 0 bridgehead atoms. The second-order valence-electron chi connectivity index (χ2n) is 5.01. The minimum absolute atomic E-state index is 0.0898. The van der Waals surface area contributed by atoms with Crippen molar-refractivity contribution in [1.29, 1.82) is 0 Å². The number of nitrogens with zero attached hydrogens (tertiary/aromatic N) is 1. The van der Waals surface area contributed by atoms with Crippen LogP contribution in [-0.2, 0) is 15.1 Å². The predicted octanol–water partition coefficient (Wildman–Crippen LogP) is -1.38. The molecular formula is C11H22N4O6S. The number of nitrogens with one attached hydrogen (secondary N) is 3. The molecule has 0 radical (unpaired) electrons. The molecule has 10 nitrogen and oxygen atoms in total. The lowest BCUT2D eigenvalue weighted by Gasteiger charge is -2.24. The summed E-state index contributed by atoms with van der Waals surface area (Å²) in [5, 5.41) is 14.8. The summed E-state index contributed by atoms with van der Waals surface area (Å²) in [4.78, 5) is 24.3. The molecule has 1 aliphatic rings. The van der Waals surface area contributed by atoms with Gasteiger partial charge in [0.05, 0.1) is 6.04 Å². The van der Waals surface area contributed by atoms with Crippen LogP contribution in [0.25, 0.3) is 0 Å². The van der Waals surface area contributed by atoms with E-state index in [9.17, 15) is 23.1 Å². The van der Waals surface area contributed by atoms with Crippen LogP contribution in [0.3, 0.4) is 0 Å². The molecule has 1 heterocycles. The minimum atomic E-state index is -4.53. The first-order valence-electron chi connectivity index (χ1n) is 6.93. The van der Waals surface area contributed by atoms with Crippen LogP contribution in [-0.4, -0.2) is 73.7 Å². The van der Waals surface area contributed by atoms with Gasteiger partial charge in [0.1, 0.15) is 6.04 Å². The normalized spacial score (nSPS) is 21.8. The number of carbonyl (C=O) groups excluding carboxylic acids is 1. The molecule has 0 aromatic heterocycles. The van der Waals surface area contributed by atoms with Gasteiger partial charge in [0.2, 0.25) is 0 Å². The summed E-state index contributed by atoms with van der Waals surface area (Å²) >= 11 is 0. The monoisotopic (exact) mass is 338 g/mol. The Morgan fingerprint density at radius 3 is 2.45 bits per heavy atom. The summed E-state index contributed by atoms with van der Waals surface area (Å²) in [5.41, 5.74) is 0. The van der Waals surface area contributed by atoms with E-state index in [4.69, 9.17) is 4.55 Å². The van der Waals surface area contributed by atoms with Gasteiger partial charge in [-0.25, -0.2) is 9.59 Å². The van der Waals surface area contributed by atoms with Crippen molar-refractivity contribution in [2.24, 2.45) is 0 Å². The summed E-state index contributed by atoms with van der Waals surface area (Å²) in [5.74, 6) is -1.33. The van der Waals surface area contributed by atoms with Gasteiger partial charge in [0.25, 0.3) is 0 Å². The molecule has 1 fully saturated rings. The molecule has 11 heteroatoms. The first-order valence-corrected chi connectivity index (χ1v) is 8.37. The molecule has 0 unspecified atom stereocenters.